The summed E-state index contributed by atoms with van der Waals surface area (Å²) >= 11 is 5.10. The van der Waals surface area contributed by atoms with E-state index in [1.165, 1.54) is 6.07 Å². The molecule has 2 aromatic rings. The summed E-state index contributed by atoms with van der Waals surface area (Å²) in [6.45, 7) is 0. The minimum atomic E-state index is -0.882. The number of anilines is 2. The van der Waals surface area contributed by atoms with Gasteiger partial charge in [-0.05, 0) is 42.0 Å². The predicted molar refractivity (Wildman–Crippen MR) is 84.0 cm³/mol. The van der Waals surface area contributed by atoms with Gasteiger partial charge < -0.3 is 15.7 Å². The normalized spacial score (nSPS) is 9.95. The first kappa shape index (κ1) is 14.9. The lowest BCUT2D eigenvalue weighted by atomic mass is 10.1. The van der Waals surface area contributed by atoms with Crippen molar-refractivity contribution < 1.29 is 14.3 Å². The monoisotopic (exact) mass is 304 g/mol. The average molecular weight is 304 g/mol. The van der Waals surface area contributed by atoms with Crippen LogP contribution in [0, 0.1) is 5.82 Å². The Morgan fingerprint density at radius 1 is 1.10 bits per heavy atom. The Kier molecular flexibility index (Phi) is 4.84. The van der Waals surface area contributed by atoms with Crippen molar-refractivity contribution in [2.75, 3.05) is 10.6 Å². The molecule has 108 valence electrons. The van der Waals surface area contributed by atoms with Crippen LogP contribution in [0.2, 0.25) is 0 Å². The third-order valence-electron chi connectivity index (χ3n) is 2.69. The Balaban J connectivity index is 1.96. The number of carboxylic acids is 1. The summed E-state index contributed by atoms with van der Waals surface area (Å²) in [6, 6.07) is 13.0. The zero-order valence-electron chi connectivity index (χ0n) is 11.0. The maximum atomic E-state index is 13.5. The van der Waals surface area contributed by atoms with E-state index >= 15 is 0 Å². The van der Waals surface area contributed by atoms with Crippen LogP contribution in [0.3, 0.4) is 0 Å². The van der Waals surface area contributed by atoms with Crippen molar-refractivity contribution in [3.63, 3.8) is 0 Å². The molecule has 0 aliphatic carbocycles. The molecular weight excluding hydrogens is 291 g/mol. The summed E-state index contributed by atoms with van der Waals surface area (Å²) in [5.41, 5.74) is 1.68. The molecule has 0 bridgehead atoms. The van der Waals surface area contributed by atoms with Gasteiger partial charge in [-0.25, -0.2) is 4.39 Å². The number of rotatable bonds is 4. The van der Waals surface area contributed by atoms with Crippen LogP contribution in [0.4, 0.5) is 15.8 Å². The third-order valence-corrected chi connectivity index (χ3v) is 2.89. The number of thiocarbonyl (C=S) groups is 1. The SMILES string of the molecule is O=C(O)Cc1ccc(NC(=S)Nc2ccccc2F)cc1. The minimum Gasteiger partial charge on any atom is -0.481 e. The largest absolute Gasteiger partial charge is 0.481 e. The van der Waals surface area contributed by atoms with Crippen LogP contribution >= 0.6 is 12.2 Å². The smallest absolute Gasteiger partial charge is 0.307 e. The minimum absolute atomic E-state index is 0.0296. The highest BCUT2D eigenvalue weighted by Gasteiger charge is 2.04. The fraction of sp³-hybridized carbons (Fsp3) is 0.0667. The van der Waals surface area contributed by atoms with Gasteiger partial charge in [0, 0.05) is 5.69 Å². The molecule has 2 rings (SSSR count). The van der Waals surface area contributed by atoms with Gasteiger partial charge in [0.25, 0.3) is 0 Å². The van der Waals surface area contributed by atoms with Gasteiger partial charge in [-0.3, -0.25) is 4.79 Å². The molecule has 6 heteroatoms. The quantitative estimate of drug-likeness (QED) is 0.757. The van der Waals surface area contributed by atoms with Crippen molar-refractivity contribution in [1.29, 1.82) is 0 Å². The molecule has 0 aliphatic rings. The van der Waals surface area contributed by atoms with Gasteiger partial charge in [0.1, 0.15) is 5.82 Å². The highest BCUT2D eigenvalue weighted by atomic mass is 32.1. The zero-order chi connectivity index (χ0) is 15.2. The molecule has 3 N–H and O–H groups in total. The van der Waals surface area contributed by atoms with Crippen molar-refractivity contribution in [3.8, 4) is 0 Å². The van der Waals surface area contributed by atoms with E-state index in [1.807, 2.05) is 0 Å². The van der Waals surface area contributed by atoms with Crippen LogP contribution in [-0.2, 0) is 11.2 Å². The molecule has 0 atom stereocenters. The lowest BCUT2D eigenvalue weighted by Gasteiger charge is -2.11. The van der Waals surface area contributed by atoms with Crippen molar-refractivity contribution >= 4 is 34.7 Å². The number of hydrogen-bond donors (Lipinski definition) is 3. The second kappa shape index (κ2) is 6.81. The first-order valence-corrected chi connectivity index (χ1v) is 6.58. The third kappa shape index (κ3) is 4.54. The first-order chi connectivity index (χ1) is 10.0. The van der Waals surface area contributed by atoms with Gasteiger partial charge in [-0.1, -0.05) is 24.3 Å². The molecule has 0 radical (unpaired) electrons. The Morgan fingerprint density at radius 2 is 1.76 bits per heavy atom. The highest BCUT2D eigenvalue weighted by molar-refractivity contribution is 7.80. The van der Waals surface area contributed by atoms with Crippen LogP contribution in [0.1, 0.15) is 5.56 Å². The number of nitrogens with one attached hydrogen (secondary N) is 2. The number of carboxylic acid groups (broad SMARTS) is 1. The van der Waals surface area contributed by atoms with Gasteiger partial charge in [0.2, 0.25) is 0 Å². The summed E-state index contributed by atoms with van der Waals surface area (Å²) in [6.07, 6.45) is -0.0296. The Hall–Kier alpha value is -2.47. The Labute approximate surface area is 126 Å². The van der Waals surface area contributed by atoms with Crippen molar-refractivity contribution in [2.45, 2.75) is 6.42 Å². The van der Waals surface area contributed by atoms with E-state index in [0.29, 0.717) is 11.3 Å². The second-order valence-electron chi connectivity index (χ2n) is 4.33. The summed E-state index contributed by atoms with van der Waals surface area (Å²) in [5, 5.41) is 14.6. The van der Waals surface area contributed by atoms with Crippen molar-refractivity contribution in [1.82, 2.24) is 0 Å². The van der Waals surface area contributed by atoms with Gasteiger partial charge in [0.05, 0.1) is 12.1 Å². The molecule has 0 saturated heterocycles. The Morgan fingerprint density at radius 3 is 2.38 bits per heavy atom. The number of carbonyl (C=O) groups is 1. The molecule has 0 aliphatic heterocycles. The zero-order valence-corrected chi connectivity index (χ0v) is 11.8. The number of benzene rings is 2. The topological polar surface area (TPSA) is 61.4 Å². The van der Waals surface area contributed by atoms with Gasteiger partial charge >= 0.3 is 5.97 Å². The lowest BCUT2D eigenvalue weighted by Crippen LogP contribution is -2.19. The maximum absolute atomic E-state index is 13.5. The molecule has 0 spiro atoms. The summed E-state index contributed by atoms with van der Waals surface area (Å²) in [7, 11) is 0. The van der Waals surface area contributed by atoms with Crippen LogP contribution < -0.4 is 10.6 Å². The number of halogens is 1. The Bertz CT molecular complexity index is 659. The molecule has 0 aromatic heterocycles. The molecular formula is C15H13FN2O2S. The molecule has 0 fully saturated rings. The predicted octanol–water partition coefficient (Wildman–Crippen LogP) is 3.26. The standard InChI is InChI=1S/C15H13FN2O2S/c16-12-3-1-2-4-13(12)18-15(21)17-11-7-5-10(6-8-11)9-14(19)20/h1-8H,9H2,(H,19,20)(H2,17,18,21). The molecule has 0 amide bonds. The van der Waals surface area contributed by atoms with Gasteiger partial charge in [-0.2, -0.15) is 0 Å². The highest BCUT2D eigenvalue weighted by Crippen LogP contribution is 2.14. The fourth-order valence-corrected chi connectivity index (χ4v) is 1.96. The van der Waals surface area contributed by atoms with Crippen molar-refractivity contribution in [2.24, 2.45) is 0 Å². The lowest BCUT2D eigenvalue weighted by molar-refractivity contribution is -0.136. The fourth-order valence-electron chi connectivity index (χ4n) is 1.73. The van der Waals surface area contributed by atoms with E-state index in [-0.39, 0.29) is 17.2 Å². The average Bonchev–Trinajstić information content (AvgIpc) is 2.43. The number of para-hydroxylation sites is 1. The molecule has 2 aromatic carbocycles. The van der Waals surface area contributed by atoms with E-state index in [1.54, 1.807) is 42.5 Å². The maximum Gasteiger partial charge on any atom is 0.307 e. The van der Waals surface area contributed by atoms with E-state index < -0.39 is 11.8 Å². The van der Waals surface area contributed by atoms with Crippen LogP contribution in [-0.4, -0.2) is 16.2 Å². The van der Waals surface area contributed by atoms with E-state index in [4.69, 9.17) is 17.3 Å². The van der Waals surface area contributed by atoms with Crippen LogP contribution in [0.5, 0.6) is 0 Å². The summed E-state index contributed by atoms with van der Waals surface area (Å²) in [5.74, 6) is -1.27. The summed E-state index contributed by atoms with van der Waals surface area (Å²) < 4.78 is 13.5. The molecule has 0 unspecified atom stereocenters. The van der Waals surface area contributed by atoms with Crippen LogP contribution in [0.25, 0.3) is 0 Å². The van der Waals surface area contributed by atoms with Gasteiger partial charge in [0.15, 0.2) is 5.11 Å². The summed E-state index contributed by atoms with van der Waals surface area (Å²) in [4.78, 5) is 10.6. The second-order valence-corrected chi connectivity index (χ2v) is 4.73. The van der Waals surface area contributed by atoms with E-state index in [9.17, 15) is 9.18 Å². The number of hydrogen-bond acceptors (Lipinski definition) is 2. The van der Waals surface area contributed by atoms with Gasteiger partial charge in [-0.15, -0.1) is 0 Å². The molecule has 4 nitrogen and oxygen atoms in total. The van der Waals surface area contributed by atoms with E-state index in [2.05, 4.69) is 10.6 Å². The number of aliphatic carboxylic acids is 1. The molecule has 0 heterocycles. The first-order valence-electron chi connectivity index (χ1n) is 6.18. The molecule has 21 heavy (non-hydrogen) atoms. The van der Waals surface area contributed by atoms with E-state index in [0.717, 1.165) is 0 Å². The molecule has 0 saturated carbocycles. The van der Waals surface area contributed by atoms with Crippen molar-refractivity contribution in [3.05, 3.63) is 59.9 Å². The van der Waals surface area contributed by atoms with Crippen LogP contribution in [0.15, 0.2) is 48.5 Å².